The Bertz CT molecular complexity index is 1750. The summed E-state index contributed by atoms with van der Waals surface area (Å²) in [6.45, 7) is 0.674. The summed E-state index contributed by atoms with van der Waals surface area (Å²) >= 11 is 0. The summed E-state index contributed by atoms with van der Waals surface area (Å²) in [6.07, 6.45) is 2.15. The van der Waals surface area contributed by atoms with E-state index in [1.165, 1.54) is 17.7 Å². The number of nitrogens with two attached hydrogens (primary N) is 1. The monoisotopic (exact) mass is 501 g/mol. The molecule has 186 valence electrons. The molecule has 0 aliphatic heterocycles. The van der Waals surface area contributed by atoms with Gasteiger partial charge in [0.1, 0.15) is 17.2 Å². The van der Waals surface area contributed by atoms with Gasteiger partial charge in [0.15, 0.2) is 0 Å². The topological polar surface area (TPSA) is 74.1 Å². The molecule has 0 bridgehead atoms. The van der Waals surface area contributed by atoms with Crippen molar-refractivity contribution in [2.75, 3.05) is 0 Å². The van der Waals surface area contributed by atoms with Crippen LogP contribution in [0.1, 0.15) is 27.2 Å². The van der Waals surface area contributed by atoms with E-state index in [1.54, 1.807) is 12.1 Å². The van der Waals surface area contributed by atoms with E-state index in [4.69, 9.17) is 10.2 Å². The van der Waals surface area contributed by atoms with Crippen LogP contribution in [0.2, 0.25) is 0 Å². The van der Waals surface area contributed by atoms with Crippen molar-refractivity contribution in [1.82, 2.24) is 9.78 Å². The van der Waals surface area contributed by atoms with Crippen molar-refractivity contribution < 1.29 is 13.6 Å². The van der Waals surface area contributed by atoms with Gasteiger partial charge in [-0.3, -0.25) is 9.48 Å². The van der Waals surface area contributed by atoms with Crippen LogP contribution in [0.4, 0.5) is 4.39 Å². The molecular formula is C32H24FN3O2. The highest BCUT2D eigenvalue weighted by atomic mass is 19.1. The standard InChI is InChI=1S/C32H24FN3O2/c33-26-12-9-21(10-13-26)17-30-31(32(34)37)27-19-24(11-14-29(27)38-30)23-7-4-8-25(18-23)28-15-16-35-36(28)20-22-5-2-1-3-6-22/h1-16,18-19H,17,20H2,(H2,34,37). The van der Waals surface area contributed by atoms with Gasteiger partial charge < -0.3 is 10.2 Å². The molecule has 6 heteroatoms. The van der Waals surface area contributed by atoms with Crippen molar-refractivity contribution in [2.24, 2.45) is 5.73 Å². The third kappa shape index (κ3) is 4.60. The van der Waals surface area contributed by atoms with Crippen LogP contribution in [0.25, 0.3) is 33.4 Å². The summed E-state index contributed by atoms with van der Waals surface area (Å²) in [7, 11) is 0. The average Bonchev–Trinajstić information content (AvgIpc) is 3.54. The number of halogens is 1. The maximum absolute atomic E-state index is 13.3. The molecule has 5 nitrogen and oxygen atoms in total. The van der Waals surface area contributed by atoms with E-state index in [9.17, 15) is 9.18 Å². The van der Waals surface area contributed by atoms with Gasteiger partial charge in [-0.25, -0.2) is 4.39 Å². The lowest BCUT2D eigenvalue weighted by Gasteiger charge is -2.10. The molecule has 0 saturated heterocycles. The minimum absolute atomic E-state index is 0.316. The Morgan fingerprint density at radius 1 is 0.816 bits per heavy atom. The van der Waals surface area contributed by atoms with Gasteiger partial charge in [-0.15, -0.1) is 0 Å². The molecule has 0 radical (unpaired) electrons. The normalized spacial score (nSPS) is 11.2. The van der Waals surface area contributed by atoms with Crippen molar-refractivity contribution >= 4 is 16.9 Å². The third-order valence-corrected chi connectivity index (χ3v) is 6.67. The van der Waals surface area contributed by atoms with Gasteiger partial charge in [0.2, 0.25) is 0 Å². The molecule has 0 aliphatic carbocycles. The lowest BCUT2D eigenvalue weighted by atomic mass is 9.98. The van der Waals surface area contributed by atoms with Crippen LogP contribution in [0.3, 0.4) is 0 Å². The Kier molecular flexibility index (Phi) is 6.06. The molecule has 6 aromatic rings. The lowest BCUT2D eigenvalue weighted by molar-refractivity contribution is 0.1000. The van der Waals surface area contributed by atoms with E-state index < -0.39 is 5.91 Å². The number of carbonyl (C=O) groups is 1. The van der Waals surface area contributed by atoms with Crippen LogP contribution in [-0.4, -0.2) is 15.7 Å². The second-order valence-corrected chi connectivity index (χ2v) is 9.22. The summed E-state index contributed by atoms with van der Waals surface area (Å²) in [5, 5.41) is 5.20. The maximum Gasteiger partial charge on any atom is 0.252 e. The molecule has 2 aromatic heterocycles. The number of amides is 1. The SMILES string of the molecule is NC(=O)c1c(Cc2ccc(F)cc2)oc2ccc(-c3cccc(-c4ccnn4Cc4ccccc4)c3)cc12. The number of nitrogens with zero attached hydrogens (tertiary/aromatic N) is 2. The first-order valence-corrected chi connectivity index (χ1v) is 12.3. The third-order valence-electron chi connectivity index (χ3n) is 6.67. The van der Waals surface area contributed by atoms with Crippen molar-refractivity contribution in [3.63, 3.8) is 0 Å². The maximum atomic E-state index is 13.3. The van der Waals surface area contributed by atoms with Crippen molar-refractivity contribution in [1.29, 1.82) is 0 Å². The molecule has 0 atom stereocenters. The Labute approximate surface area is 219 Å². The summed E-state index contributed by atoms with van der Waals surface area (Å²) < 4.78 is 21.4. The smallest absolute Gasteiger partial charge is 0.252 e. The zero-order valence-corrected chi connectivity index (χ0v) is 20.5. The number of fused-ring (bicyclic) bond motifs is 1. The number of hydrogen-bond acceptors (Lipinski definition) is 3. The van der Waals surface area contributed by atoms with Gasteiger partial charge in [-0.05, 0) is 58.7 Å². The van der Waals surface area contributed by atoms with Crippen molar-refractivity contribution in [3.8, 4) is 22.4 Å². The van der Waals surface area contributed by atoms with E-state index in [0.29, 0.717) is 35.3 Å². The van der Waals surface area contributed by atoms with Gasteiger partial charge in [-0.1, -0.05) is 66.7 Å². The zero-order chi connectivity index (χ0) is 26.1. The second-order valence-electron chi connectivity index (χ2n) is 9.22. The summed E-state index contributed by atoms with van der Waals surface area (Å²) in [6, 6.07) is 32.3. The van der Waals surface area contributed by atoms with Crippen molar-refractivity contribution in [2.45, 2.75) is 13.0 Å². The molecule has 38 heavy (non-hydrogen) atoms. The van der Waals surface area contributed by atoms with Crippen molar-refractivity contribution in [3.05, 3.63) is 138 Å². The highest BCUT2D eigenvalue weighted by Gasteiger charge is 2.20. The number of primary amides is 1. The number of rotatable bonds is 7. The van der Waals surface area contributed by atoms with Crippen LogP contribution in [0.15, 0.2) is 114 Å². The quantitative estimate of drug-likeness (QED) is 0.260. The molecule has 2 heterocycles. The fourth-order valence-electron chi connectivity index (χ4n) is 4.83. The van der Waals surface area contributed by atoms with E-state index in [-0.39, 0.29) is 5.82 Å². The van der Waals surface area contributed by atoms with E-state index in [1.807, 2.05) is 65.5 Å². The van der Waals surface area contributed by atoms with Gasteiger partial charge >= 0.3 is 0 Å². The molecule has 0 unspecified atom stereocenters. The average molecular weight is 502 g/mol. The van der Waals surface area contributed by atoms with E-state index in [2.05, 4.69) is 29.4 Å². The van der Waals surface area contributed by atoms with Crippen LogP contribution >= 0.6 is 0 Å². The summed E-state index contributed by atoms with van der Waals surface area (Å²) in [4.78, 5) is 12.5. The largest absolute Gasteiger partial charge is 0.460 e. The Balaban J connectivity index is 1.36. The minimum Gasteiger partial charge on any atom is -0.460 e. The first-order valence-electron chi connectivity index (χ1n) is 12.3. The molecule has 0 aliphatic rings. The Hall–Kier alpha value is -4.97. The molecule has 0 spiro atoms. The van der Waals surface area contributed by atoms with Gasteiger partial charge in [0.05, 0.1) is 17.8 Å². The van der Waals surface area contributed by atoms with E-state index >= 15 is 0 Å². The molecule has 0 fully saturated rings. The number of benzene rings is 4. The molecule has 1 amide bonds. The van der Waals surface area contributed by atoms with Gasteiger partial charge in [0.25, 0.3) is 5.91 Å². The lowest BCUT2D eigenvalue weighted by Crippen LogP contribution is -2.12. The first-order chi connectivity index (χ1) is 18.5. The Morgan fingerprint density at radius 2 is 1.58 bits per heavy atom. The number of furan rings is 1. The fourth-order valence-corrected chi connectivity index (χ4v) is 4.83. The molecule has 4 aromatic carbocycles. The zero-order valence-electron chi connectivity index (χ0n) is 20.5. The van der Waals surface area contributed by atoms with E-state index in [0.717, 1.165) is 27.9 Å². The fraction of sp³-hybridized carbons (Fsp3) is 0.0625. The highest BCUT2D eigenvalue weighted by molar-refractivity contribution is 6.07. The molecule has 2 N–H and O–H groups in total. The Morgan fingerprint density at radius 3 is 2.37 bits per heavy atom. The predicted octanol–water partition coefficient (Wildman–Crippen LogP) is 6.84. The van der Waals surface area contributed by atoms with Crippen LogP contribution in [0.5, 0.6) is 0 Å². The first kappa shape index (κ1) is 23.4. The predicted molar refractivity (Wildman–Crippen MR) is 146 cm³/mol. The van der Waals surface area contributed by atoms with Crippen LogP contribution < -0.4 is 5.73 Å². The summed E-state index contributed by atoms with van der Waals surface area (Å²) in [5.41, 5.74) is 12.7. The number of hydrogen-bond donors (Lipinski definition) is 1. The second kappa shape index (κ2) is 9.82. The minimum atomic E-state index is -0.559. The molecule has 6 rings (SSSR count). The number of carbonyl (C=O) groups excluding carboxylic acids is 1. The van der Waals surface area contributed by atoms with Crippen LogP contribution in [0, 0.1) is 5.82 Å². The molecule has 0 saturated carbocycles. The van der Waals surface area contributed by atoms with Gasteiger partial charge in [0, 0.05) is 23.6 Å². The van der Waals surface area contributed by atoms with Crippen LogP contribution in [-0.2, 0) is 13.0 Å². The number of aromatic nitrogens is 2. The molecular weight excluding hydrogens is 477 g/mol. The highest BCUT2D eigenvalue weighted by Crippen LogP contribution is 2.33. The summed E-state index contributed by atoms with van der Waals surface area (Å²) in [5.74, 6) is -0.408. The van der Waals surface area contributed by atoms with Gasteiger partial charge in [-0.2, -0.15) is 5.10 Å².